The van der Waals surface area contributed by atoms with Crippen LogP contribution in [0.3, 0.4) is 0 Å². The van der Waals surface area contributed by atoms with Crippen molar-refractivity contribution in [2.45, 2.75) is 6.54 Å². The highest BCUT2D eigenvalue weighted by Crippen LogP contribution is 2.27. The second-order valence-electron chi connectivity index (χ2n) is 7.60. The van der Waals surface area contributed by atoms with E-state index >= 15 is 0 Å². The molecular formula is C26H24BrFN4O6. The van der Waals surface area contributed by atoms with Crippen LogP contribution in [0.5, 0.6) is 17.2 Å². The third kappa shape index (κ3) is 8.30. The van der Waals surface area contributed by atoms with Gasteiger partial charge in [0.25, 0.3) is 5.91 Å². The van der Waals surface area contributed by atoms with E-state index in [1.54, 1.807) is 49.6 Å². The van der Waals surface area contributed by atoms with E-state index < -0.39 is 23.5 Å². The fourth-order valence-electron chi connectivity index (χ4n) is 3.03. The third-order valence-corrected chi connectivity index (χ3v) is 5.44. The number of hydrogen-bond donors (Lipinski definition) is 3. The van der Waals surface area contributed by atoms with E-state index in [-0.39, 0.29) is 24.6 Å². The number of nitrogens with zero attached hydrogens (tertiary/aromatic N) is 1. The number of ether oxygens (including phenoxy) is 3. The number of carbonyl (C=O) groups excluding carboxylic acids is 3. The smallest absolute Gasteiger partial charge is 0.329 e. The molecule has 10 nitrogen and oxygen atoms in total. The van der Waals surface area contributed by atoms with Crippen molar-refractivity contribution in [1.29, 1.82) is 0 Å². The summed E-state index contributed by atoms with van der Waals surface area (Å²) < 4.78 is 30.3. The SMILES string of the molecule is COc1ccc(CNC(=O)C(=O)N/N=C\c2ccc(OCC(=O)Nc3ccc(Br)cc3F)c(OC)c2)cc1. The summed E-state index contributed by atoms with van der Waals surface area (Å²) in [5.74, 6) is -1.70. The molecule has 3 amide bonds. The Morgan fingerprint density at radius 2 is 1.71 bits per heavy atom. The maximum Gasteiger partial charge on any atom is 0.329 e. The molecule has 0 bridgehead atoms. The van der Waals surface area contributed by atoms with Crippen molar-refractivity contribution in [2.24, 2.45) is 5.10 Å². The number of benzene rings is 3. The van der Waals surface area contributed by atoms with Gasteiger partial charge in [0, 0.05) is 11.0 Å². The first-order chi connectivity index (χ1) is 18.3. The van der Waals surface area contributed by atoms with Crippen LogP contribution >= 0.6 is 15.9 Å². The lowest BCUT2D eigenvalue weighted by Gasteiger charge is -2.12. The minimum atomic E-state index is -0.935. The third-order valence-electron chi connectivity index (χ3n) is 4.95. The number of rotatable bonds is 10. The summed E-state index contributed by atoms with van der Waals surface area (Å²) in [5, 5.41) is 8.70. The predicted molar refractivity (Wildman–Crippen MR) is 142 cm³/mol. The summed E-state index contributed by atoms with van der Waals surface area (Å²) in [6, 6.07) is 16.0. The number of carbonyl (C=O) groups is 3. The summed E-state index contributed by atoms with van der Waals surface area (Å²) >= 11 is 3.15. The second-order valence-corrected chi connectivity index (χ2v) is 8.52. The van der Waals surface area contributed by atoms with Gasteiger partial charge >= 0.3 is 11.8 Å². The van der Waals surface area contributed by atoms with Crippen LogP contribution in [0.2, 0.25) is 0 Å². The normalized spacial score (nSPS) is 10.5. The van der Waals surface area contributed by atoms with Crippen LogP contribution in [-0.4, -0.2) is 44.8 Å². The van der Waals surface area contributed by atoms with Gasteiger partial charge in [-0.2, -0.15) is 5.10 Å². The molecule has 0 unspecified atom stereocenters. The van der Waals surface area contributed by atoms with Crippen LogP contribution in [0.1, 0.15) is 11.1 Å². The van der Waals surface area contributed by atoms with Gasteiger partial charge in [-0.25, -0.2) is 9.82 Å². The molecule has 0 spiro atoms. The van der Waals surface area contributed by atoms with Crippen molar-refractivity contribution in [2.75, 3.05) is 26.1 Å². The van der Waals surface area contributed by atoms with Crippen LogP contribution in [0, 0.1) is 5.82 Å². The van der Waals surface area contributed by atoms with Crippen LogP contribution in [0.4, 0.5) is 10.1 Å². The zero-order valence-corrected chi connectivity index (χ0v) is 22.0. The first-order valence-electron chi connectivity index (χ1n) is 11.1. The van der Waals surface area contributed by atoms with E-state index in [0.717, 1.165) is 5.56 Å². The lowest BCUT2D eigenvalue weighted by molar-refractivity contribution is -0.139. The van der Waals surface area contributed by atoms with Gasteiger partial charge in [0.1, 0.15) is 11.6 Å². The first kappa shape index (κ1) is 28.1. The summed E-state index contributed by atoms with van der Waals surface area (Å²) in [6.07, 6.45) is 1.31. The molecule has 0 radical (unpaired) electrons. The monoisotopic (exact) mass is 586 g/mol. The minimum Gasteiger partial charge on any atom is -0.497 e. The quantitative estimate of drug-likeness (QED) is 0.190. The molecule has 3 aromatic carbocycles. The number of methoxy groups -OCH3 is 2. The van der Waals surface area contributed by atoms with Gasteiger partial charge < -0.3 is 24.8 Å². The fraction of sp³-hybridized carbons (Fsp3) is 0.154. The average molecular weight is 587 g/mol. The van der Waals surface area contributed by atoms with Crippen LogP contribution in [-0.2, 0) is 20.9 Å². The van der Waals surface area contributed by atoms with Crippen molar-refractivity contribution < 1.29 is 33.0 Å². The topological polar surface area (TPSA) is 127 Å². The van der Waals surface area contributed by atoms with Crippen molar-refractivity contribution in [3.63, 3.8) is 0 Å². The van der Waals surface area contributed by atoms with Crippen molar-refractivity contribution in [3.05, 3.63) is 82.1 Å². The molecule has 0 saturated carbocycles. The number of amides is 3. The summed E-state index contributed by atoms with van der Waals surface area (Å²) in [6.45, 7) is -0.226. The summed E-state index contributed by atoms with van der Waals surface area (Å²) in [5.41, 5.74) is 3.49. The maximum absolute atomic E-state index is 13.9. The zero-order chi connectivity index (χ0) is 27.5. The molecule has 0 aromatic heterocycles. The fourth-order valence-corrected chi connectivity index (χ4v) is 3.36. The van der Waals surface area contributed by atoms with Gasteiger partial charge in [0.2, 0.25) is 0 Å². The number of hydrogen-bond acceptors (Lipinski definition) is 7. The Labute approximate surface area is 226 Å². The highest BCUT2D eigenvalue weighted by atomic mass is 79.9. The summed E-state index contributed by atoms with van der Waals surface area (Å²) in [7, 11) is 2.97. The van der Waals surface area contributed by atoms with Crippen LogP contribution in [0.15, 0.2) is 70.2 Å². The van der Waals surface area contributed by atoms with E-state index in [0.29, 0.717) is 21.5 Å². The molecule has 0 aliphatic heterocycles. The van der Waals surface area contributed by atoms with Gasteiger partial charge in [-0.15, -0.1) is 0 Å². The highest BCUT2D eigenvalue weighted by Gasteiger charge is 2.13. The average Bonchev–Trinajstić information content (AvgIpc) is 2.92. The molecule has 0 aliphatic rings. The van der Waals surface area contributed by atoms with Crippen LogP contribution in [0.25, 0.3) is 0 Å². The first-order valence-corrected chi connectivity index (χ1v) is 11.9. The molecule has 0 fully saturated rings. The number of hydrazone groups is 1. The number of nitrogens with one attached hydrogen (secondary N) is 3. The standard InChI is InChI=1S/C26H24BrFN4O6/c1-36-19-7-3-16(4-8-19)13-29-25(34)26(35)32-30-14-17-5-10-22(23(11-17)37-2)38-15-24(33)31-21-9-6-18(27)12-20(21)28/h3-12,14H,13,15H2,1-2H3,(H,29,34)(H,31,33)(H,32,35)/b30-14-. The maximum atomic E-state index is 13.9. The van der Waals surface area contributed by atoms with E-state index in [2.05, 4.69) is 37.1 Å². The Hall–Kier alpha value is -4.45. The molecular weight excluding hydrogens is 563 g/mol. The molecule has 3 rings (SSSR count). The molecule has 0 aliphatic carbocycles. The van der Waals surface area contributed by atoms with E-state index in [1.807, 2.05) is 0 Å². The largest absolute Gasteiger partial charge is 0.497 e. The molecule has 3 aromatic rings. The molecule has 0 atom stereocenters. The van der Waals surface area contributed by atoms with E-state index in [1.165, 1.54) is 31.5 Å². The van der Waals surface area contributed by atoms with E-state index in [4.69, 9.17) is 14.2 Å². The molecule has 12 heteroatoms. The van der Waals surface area contributed by atoms with Gasteiger partial charge in [-0.05, 0) is 59.7 Å². The lowest BCUT2D eigenvalue weighted by Crippen LogP contribution is -2.37. The molecule has 198 valence electrons. The van der Waals surface area contributed by atoms with Gasteiger partial charge in [-0.1, -0.05) is 28.1 Å². The van der Waals surface area contributed by atoms with Gasteiger partial charge in [-0.3, -0.25) is 14.4 Å². The van der Waals surface area contributed by atoms with E-state index in [9.17, 15) is 18.8 Å². The van der Waals surface area contributed by atoms with Crippen molar-refractivity contribution >= 4 is 45.6 Å². The van der Waals surface area contributed by atoms with Gasteiger partial charge in [0.05, 0.1) is 26.1 Å². The number of halogens is 2. The molecule has 3 N–H and O–H groups in total. The van der Waals surface area contributed by atoms with Crippen molar-refractivity contribution in [1.82, 2.24) is 10.7 Å². The Bertz CT molecular complexity index is 1330. The van der Waals surface area contributed by atoms with Gasteiger partial charge in [0.15, 0.2) is 18.1 Å². The molecule has 38 heavy (non-hydrogen) atoms. The Kier molecular flexibility index (Phi) is 10.2. The Balaban J connectivity index is 1.49. The highest BCUT2D eigenvalue weighted by molar-refractivity contribution is 9.10. The second kappa shape index (κ2) is 13.7. The molecule has 0 heterocycles. The summed E-state index contributed by atoms with van der Waals surface area (Å²) in [4.78, 5) is 36.1. The predicted octanol–water partition coefficient (Wildman–Crippen LogP) is 3.39. The molecule has 0 saturated heterocycles. The zero-order valence-electron chi connectivity index (χ0n) is 20.4. The lowest BCUT2D eigenvalue weighted by atomic mass is 10.2. The number of anilines is 1. The minimum absolute atomic E-state index is 0.0248. The van der Waals surface area contributed by atoms with Crippen molar-refractivity contribution in [3.8, 4) is 17.2 Å². The van der Waals surface area contributed by atoms with Crippen LogP contribution < -0.4 is 30.3 Å². The Morgan fingerprint density at radius 3 is 2.39 bits per heavy atom. The Morgan fingerprint density at radius 1 is 0.947 bits per heavy atom.